The fraction of sp³-hybridized carbons (Fsp3) is 0.583. The Morgan fingerprint density at radius 2 is 2.08 bits per heavy atom. The standard InChI is InChI=1S/C12H18O/c1-10(2)4-5-12(6-7-13)8-11(3)9-12/h4,7H,3,5-6,8-9H2,1-2H3. The van der Waals surface area contributed by atoms with Gasteiger partial charge in [-0.25, -0.2) is 0 Å². The molecule has 1 heteroatoms. The van der Waals surface area contributed by atoms with Gasteiger partial charge in [0.15, 0.2) is 0 Å². The van der Waals surface area contributed by atoms with Crippen LogP contribution in [0.25, 0.3) is 0 Å². The zero-order valence-electron chi connectivity index (χ0n) is 8.60. The number of carbonyl (C=O) groups excluding carboxylic acids is 1. The summed E-state index contributed by atoms with van der Waals surface area (Å²) in [4.78, 5) is 10.5. The summed E-state index contributed by atoms with van der Waals surface area (Å²) in [6.07, 6.45) is 7.08. The molecule has 0 spiro atoms. The fourth-order valence-electron chi connectivity index (χ4n) is 1.98. The predicted molar refractivity (Wildman–Crippen MR) is 55.5 cm³/mol. The maximum absolute atomic E-state index is 10.5. The molecule has 1 aliphatic carbocycles. The van der Waals surface area contributed by atoms with Crippen LogP contribution in [0.2, 0.25) is 0 Å². The summed E-state index contributed by atoms with van der Waals surface area (Å²) in [7, 11) is 0. The molecule has 0 heterocycles. The number of carbonyl (C=O) groups is 1. The molecule has 1 aliphatic rings. The van der Waals surface area contributed by atoms with Gasteiger partial charge in [0.25, 0.3) is 0 Å². The van der Waals surface area contributed by atoms with Crippen molar-refractivity contribution in [3.8, 4) is 0 Å². The molecule has 1 saturated carbocycles. The normalized spacial score (nSPS) is 19.1. The number of hydrogen-bond donors (Lipinski definition) is 0. The van der Waals surface area contributed by atoms with Crippen molar-refractivity contribution >= 4 is 6.29 Å². The van der Waals surface area contributed by atoms with E-state index in [1.165, 1.54) is 11.1 Å². The van der Waals surface area contributed by atoms with Gasteiger partial charge >= 0.3 is 0 Å². The van der Waals surface area contributed by atoms with Crippen LogP contribution < -0.4 is 0 Å². The van der Waals surface area contributed by atoms with Crippen LogP contribution in [0.3, 0.4) is 0 Å². The van der Waals surface area contributed by atoms with Gasteiger partial charge < -0.3 is 4.79 Å². The number of allylic oxidation sites excluding steroid dienone is 3. The monoisotopic (exact) mass is 178 g/mol. The third-order valence-corrected chi connectivity index (χ3v) is 2.71. The van der Waals surface area contributed by atoms with Gasteiger partial charge in [-0.1, -0.05) is 23.8 Å². The van der Waals surface area contributed by atoms with Gasteiger partial charge in [0.05, 0.1) is 0 Å². The molecule has 0 radical (unpaired) electrons. The van der Waals surface area contributed by atoms with Gasteiger partial charge in [0.1, 0.15) is 6.29 Å². The molecule has 0 aromatic heterocycles. The molecule has 0 atom stereocenters. The number of rotatable bonds is 4. The Balaban J connectivity index is 2.54. The van der Waals surface area contributed by atoms with E-state index in [9.17, 15) is 4.79 Å². The van der Waals surface area contributed by atoms with Crippen LogP contribution in [0.5, 0.6) is 0 Å². The molecule has 1 rings (SSSR count). The van der Waals surface area contributed by atoms with Crippen LogP contribution in [0.1, 0.15) is 39.5 Å². The molecular weight excluding hydrogens is 160 g/mol. The van der Waals surface area contributed by atoms with E-state index < -0.39 is 0 Å². The summed E-state index contributed by atoms with van der Waals surface area (Å²) in [6.45, 7) is 8.13. The summed E-state index contributed by atoms with van der Waals surface area (Å²) in [5.41, 5.74) is 2.86. The van der Waals surface area contributed by atoms with Crippen molar-refractivity contribution < 1.29 is 4.79 Å². The smallest absolute Gasteiger partial charge is 0.120 e. The number of hydrogen-bond acceptors (Lipinski definition) is 1. The van der Waals surface area contributed by atoms with E-state index in [4.69, 9.17) is 0 Å². The minimum atomic E-state index is 0.232. The highest BCUT2D eigenvalue weighted by Gasteiger charge is 2.37. The van der Waals surface area contributed by atoms with E-state index in [0.717, 1.165) is 25.5 Å². The minimum absolute atomic E-state index is 0.232. The van der Waals surface area contributed by atoms with Gasteiger partial charge in [0.2, 0.25) is 0 Å². The Bertz CT molecular complexity index is 230. The molecule has 0 unspecified atom stereocenters. The SMILES string of the molecule is C=C1CC(CC=O)(CC=C(C)C)C1. The van der Waals surface area contributed by atoms with Gasteiger partial charge in [-0.3, -0.25) is 0 Å². The Labute approximate surface area is 80.5 Å². The molecule has 0 aromatic carbocycles. The molecule has 0 saturated heterocycles. The first-order valence-electron chi connectivity index (χ1n) is 4.82. The predicted octanol–water partition coefficient (Wildman–Crippen LogP) is 3.27. The van der Waals surface area contributed by atoms with Crippen LogP contribution in [-0.2, 0) is 4.79 Å². The van der Waals surface area contributed by atoms with Crippen molar-refractivity contribution in [3.05, 3.63) is 23.8 Å². The van der Waals surface area contributed by atoms with Crippen molar-refractivity contribution in [1.82, 2.24) is 0 Å². The fourth-order valence-corrected chi connectivity index (χ4v) is 1.98. The third-order valence-electron chi connectivity index (χ3n) is 2.71. The summed E-state index contributed by atoms with van der Waals surface area (Å²) in [6, 6.07) is 0. The zero-order chi connectivity index (χ0) is 9.90. The first-order valence-corrected chi connectivity index (χ1v) is 4.82. The van der Waals surface area contributed by atoms with Crippen LogP contribution in [-0.4, -0.2) is 6.29 Å². The van der Waals surface area contributed by atoms with Gasteiger partial charge in [-0.15, -0.1) is 0 Å². The molecule has 0 aliphatic heterocycles. The van der Waals surface area contributed by atoms with E-state index in [1.807, 2.05) is 0 Å². The number of aldehydes is 1. The average molecular weight is 178 g/mol. The van der Waals surface area contributed by atoms with Crippen LogP contribution in [0.15, 0.2) is 23.8 Å². The van der Waals surface area contributed by atoms with Crippen molar-refractivity contribution in [3.63, 3.8) is 0 Å². The lowest BCUT2D eigenvalue weighted by Gasteiger charge is -2.42. The molecule has 13 heavy (non-hydrogen) atoms. The average Bonchev–Trinajstić information content (AvgIpc) is 1.98. The first kappa shape index (κ1) is 10.2. The Hall–Kier alpha value is -0.850. The van der Waals surface area contributed by atoms with Gasteiger partial charge in [-0.05, 0) is 38.5 Å². The minimum Gasteiger partial charge on any atom is -0.303 e. The summed E-state index contributed by atoms with van der Waals surface area (Å²) in [5, 5.41) is 0. The lowest BCUT2D eigenvalue weighted by molar-refractivity contribution is -0.110. The van der Waals surface area contributed by atoms with Gasteiger partial charge in [0, 0.05) is 6.42 Å². The van der Waals surface area contributed by atoms with Gasteiger partial charge in [-0.2, -0.15) is 0 Å². The summed E-state index contributed by atoms with van der Waals surface area (Å²) >= 11 is 0. The lowest BCUT2D eigenvalue weighted by atomic mass is 9.62. The zero-order valence-corrected chi connectivity index (χ0v) is 8.60. The quantitative estimate of drug-likeness (QED) is 0.477. The van der Waals surface area contributed by atoms with Crippen LogP contribution in [0, 0.1) is 5.41 Å². The van der Waals surface area contributed by atoms with Crippen molar-refractivity contribution in [2.75, 3.05) is 0 Å². The van der Waals surface area contributed by atoms with E-state index in [-0.39, 0.29) is 5.41 Å². The molecule has 0 amide bonds. The largest absolute Gasteiger partial charge is 0.303 e. The Kier molecular flexibility index (Phi) is 3.07. The Morgan fingerprint density at radius 3 is 2.46 bits per heavy atom. The summed E-state index contributed by atoms with van der Waals surface area (Å²) in [5.74, 6) is 0. The second-order valence-corrected chi connectivity index (χ2v) is 4.46. The lowest BCUT2D eigenvalue weighted by Crippen LogP contribution is -2.31. The highest BCUT2D eigenvalue weighted by Crippen LogP contribution is 2.49. The second-order valence-electron chi connectivity index (χ2n) is 4.46. The maximum Gasteiger partial charge on any atom is 0.120 e. The molecule has 0 N–H and O–H groups in total. The Morgan fingerprint density at radius 1 is 1.46 bits per heavy atom. The van der Waals surface area contributed by atoms with Crippen LogP contribution in [0.4, 0.5) is 0 Å². The molecule has 1 nitrogen and oxygen atoms in total. The highest BCUT2D eigenvalue weighted by molar-refractivity contribution is 5.52. The molecule has 72 valence electrons. The van der Waals surface area contributed by atoms with E-state index in [0.29, 0.717) is 6.42 Å². The van der Waals surface area contributed by atoms with E-state index >= 15 is 0 Å². The third kappa shape index (κ3) is 2.55. The van der Waals surface area contributed by atoms with Crippen molar-refractivity contribution in [1.29, 1.82) is 0 Å². The topological polar surface area (TPSA) is 17.1 Å². The maximum atomic E-state index is 10.5. The van der Waals surface area contributed by atoms with Crippen molar-refractivity contribution in [2.24, 2.45) is 5.41 Å². The molecule has 1 fully saturated rings. The molecule has 0 bridgehead atoms. The molecular formula is C12H18O. The molecule has 0 aromatic rings. The van der Waals surface area contributed by atoms with E-state index in [2.05, 4.69) is 26.5 Å². The summed E-state index contributed by atoms with van der Waals surface area (Å²) < 4.78 is 0. The van der Waals surface area contributed by atoms with Crippen LogP contribution >= 0.6 is 0 Å². The second kappa shape index (κ2) is 3.91. The first-order chi connectivity index (χ1) is 6.08. The van der Waals surface area contributed by atoms with E-state index in [1.54, 1.807) is 0 Å². The highest BCUT2D eigenvalue weighted by atomic mass is 16.1. The van der Waals surface area contributed by atoms with Crippen molar-refractivity contribution in [2.45, 2.75) is 39.5 Å².